The maximum Gasteiger partial charge on any atom is 0.0685 e. The smallest absolute Gasteiger partial charge is 0.0685 e. The molecule has 2 heterocycles. The Balaban J connectivity index is 1.62. The predicted octanol–water partition coefficient (Wildman–Crippen LogP) is 2.73. The van der Waals surface area contributed by atoms with Crippen molar-refractivity contribution < 1.29 is 4.74 Å². The van der Waals surface area contributed by atoms with Gasteiger partial charge < -0.3 is 10.1 Å². The van der Waals surface area contributed by atoms with E-state index in [1.165, 1.54) is 64.5 Å². The summed E-state index contributed by atoms with van der Waals surface area (Å²) in [5.74, 6) is 1.96. The van der Waals surface area contributed by atoms with Crippen LogP contribution in [-0.2, 0) is 4.74 Å². The normalized spacial score (nSPS) is 35.6. The molecule has 2 saturated heterocycles. The third-order valence-corrected chi connectivity index (χ3v) is 5.10. The van der Waals surface area contributed by atoms with Crippen LogP contribution in [0.1, 0.15) is 51.4 Å². The molecule has 16 heavy (non-hydrogen) atoms. The molecule has 0 amide bonds. The molecule has 3 rings (SSSR count). The van der Waals surface area contributed by atoms with Crippen molar-refractivity contribution in [3.8, 4) is 0 Å². The van der Waals surface area contributed by atoms with Crippen molar-refractivity contribution in [1.29, 1.82) is 0 Å². The van der Waals surface area contributed by atoms with Crippen LogP contribution in [0.2, 0.25) is 0 Å². The van der Waals surface area contributed by atoms with E-state index in [0.717, 1.165) is 18.4 Å². The summed E-state index contributed by atoms with van der Waals surface area (Å²) in [5.41, 5.74) is 0.327. The van der Waals surface area contributed by atoms with Crippen molar-refractivity contribution in [2.75, 3.05) is 19.7 Å². The first-order chi connectivity index (χ1) is 7.88. The lowest BCUT2D eigenvalue weighted by Crippen LogP contribution is -2.42. The maximum absolute atomic E-state index is 6.13. The molecule has 3 fully saturated rings. The van der Waals surface area contributed by atoms with Gasteiger partial charge in [-0.2, -0.15) is 0 Å². The number of ether oxygens (including phenoxy) is 1. The molecule has 1 spiro atoms. The van der Waals surface area contributed by atoms with E-state index in [4.69, 9.17) is 4.74 Å². The Morgan fingerprint density at radius 1 is 0.938 bits per heavy atom. The van der Waals surface area contributed by atoms with Gasteiger partial charge in [0.1, 0.15) is 0 Å². The average molecular weight is 223 g/mol. The lowest BCUT2D eigenvalue weighted by Gasteiger charge is -2.42. The Morgan fingerprint density at radius 3 is 2.44 bits per heavy atom. The zero-order chi connectivity index (χ0) is 10.8. The minimum absolute atomic E-state index is 0.327. The van der Waals surface area contributed by atoms with Gasteiger partial charge in [-0.15, -0.1) is 0 Å². The Morgan fingerprint density at radius 2 is 1.69 bits per heavy atom. The molecular formula is C14H25NO. The summed E-state index contributed by atoms with van der Waals surface area (Å²) < 4.78 is 6.13. The number of hydrogen-bond donors (Lipinski definition) is 1. The van der Waals surface area contributed by atoms with Crippen LogP contribution >= 0.6 is 0 Å². The van der Waals surface area contributed by atoms with Gasteiger partial charge in [0.15, 0.2) is 0 Å². The van der Waals surface area contributed by atoms with E-state index >= 15 is 0 Å². The van der Waals surface area contributed by atoms with Gasteiger partial charge in [0.2, 0.25) is 0 Å². The molecule has 1 unspecified atom stereocenters. The predicted molar refractivity (Wildman–Crippen MR) is 65.5 cm³/mol. The van der Waals surface area contributed by atoms with Crippen LogP contribution in [0.15, 0.2) is 0 Å². The molecule has 92 valence electrons. The molecule has 0 aromatic rings. The standard InChI is InChI=1S/C14H25NO/c1-2-7-14(6-1)11-13(5-10-16-14)12-3-8-15-9-4-12/h12-13,15H,1-11H2. The summed E-state index contributed by atoms with van der Waals surface area (Å²) in [4.78, 5) is 0. The molecular weight excluding hydrogens is 198 g/mol. The molecule has 0 radical (unpaired) electrons. The SMILES string of the molecule is C1CCC2(C1)CC(C1CCNCC1)CCO2. The highest BCUT2D eigenvalue weighted by molar-refractivity contribution is 4.93. The summed E-state index contributed by atoms with van der Waals surface area (Å²) >= 11 is 0. The Hall–Kier alpha value is -0.0800. The Labute approximate surface area is 99.1 Å². The Bertz CT molecular complexity index is 229. The third kappa shape index (κ3) is 2.14. The van der Waals surface area contributed by atoms with Crippen LogP contribution in [0, 0.1) is 11.8 Å². The number of rotatable bonds is 1. The second kappa shape index (κ2) is 4.66. The van der Waals surface area contributed by atoms with Crippen LogP contribution < -0.4 is 5.32 Å². The highest BCUT2D eigenvalue weighted by Gasteiger charge is 2.41. The van der Waals surface area contributed by atoms with Gasteiger partial charge in [-0.3, -0.25) is 0 Å². The Kier molecular flexibility index (Phi) is 3.21. The van der Waals surface area contributed by atoms with E-state index in [1.807, 2.05) is 0 Å². The zero-order valence-corrected chi connectivity index (χ0v) is 10.3. The van der Waals surface area contributed by atoms with Crippen LogP contribution in [0.4, 0.5) is 0 Å². The van der Waals surface area contributed by atoms with E-state index in [9.17, 15) is 0 Å². The second-order valence-corrected chi connectivity index (χ2v) is 6.08. The molecule has 1 saturated carbocycles. The molecule has 1 atom stereocenters. The molecule has 0 aromatic heterocycles. The van der Waals surface area contributed by atoms with Crippen molar-refractivity contribution >= 4 is 0 Å². The molecule has 0 aromatic carbocycles. The van der Waals surface area contributed by atoms with Crippen molar-refractivity contribution in [1.82, 2.24) is 5.32 Å². The van der Waals surface area contributed by atoms with Gasteiger partial charge >= 0.3 is 0 Å². The van der Waals surface area contributed by atoms with Gasteiger partial charge in [0.05, 0.1) is 5.60 Å². The molecule has 2 aliphatic heterocycles. The molecule has 1 N–H and O–H groups in total. The first-order valence-corrected chi connectivity index (χ1v) is 7.23. The summed E-state index contributed by atoms with van der Waals surface area (Å²) in [6.45, 7) is 3.53. The summed E-state index contributed by atoms with van der Waals surface area (Å²) in [7, 11) is 0. The van der Waals surface area contributed by atoms with E-state index in [-0.39, 0.29) is 0 Å². The minimum atomic E-state index is 0.327. The van der Waals surface area contributed by atoms with E-state index < -0.39 is 0 Å². The first kappa shape index (κ1) is 11.0. The topological polar surface area (TPSA) is 21.3 Å². The fraction of sp³-hybridized carbons (Fsp3) is 1.00. The quantitative estimate of drug-likeness (QED) is 0.738. The second-order valence-electron chi connectivity index (χ2n) is 6.08. The fourth-order valence-electron chi connectivity index (χ4n) is 4.15. The van der Waals surface area contributed by atoms with Crippen molar-refractivity contribution in [2.45, 2.75) is 57.0 Å². The van der Waals surface area contributed by atoms with E-state index in [0.29, 0.717) is 5.60 Å². The zero-order valence-electron chi connectivity index (χ0n) is 10.3. The lowest BCUT2D eigenvalue weighted by atomic mass is 9.74. The van der Waals surface area contributed by atoms with Crippen molar-refractivity contribution in [3.63, 3.8) is 0 Å². The summed E-state index contributed by atoms with van der Waals surface area (Å²) in [6, 6.07) is 0. The highest BCUT2D eigenvalue weighted by atomic mass is 16.5. The van der Waals surface area contributed by atoms with Crippen LogP contribution in [0.5, 0.6) is 0 Å². The van der Waals surface area contributed by atoms with E-state index in [1.54, 1.807) is 0 Å². The van der Waals surface area contributed by atoms with Crippen LogP contribution in [-0.4, -0.2) is 25.3 Å². The molecule has 2 nitrogen and oxygen atoms in total. The molecule has 1 aliphatic carbocycles. The molecule has 3 aliphatic rings. The number of hydrogen-bond acceptors (Lipinski definition) is 2. The highest BCUT2D eigenvalue weighted by Crippen LogP contribution is 2.45. The van der Waals surface area contributed by atoms with E-state index in [2.05, 4.69) is 5.32 Å². The van der Waals surface area contributed by atoms with Gasteiger partial charge in [-0.25, -0.2) is 0 Å². The van der Waals surface area contributed by atoms with Gasteiger partial charge in [0.25, 0.3) is 0 Å². The molecule has 0 bridgehead atoms. The number of piperidine rings is 1. The monoisotopic (exact) mass is 223 g/mol. The van der Waals surface area contributed by atoms with Crippen molar-refractivity contribution in [2.24, 2.45) is 11.8 Å². The maximum atomic E-state index is 6.13. The summed E-state index contributed by atoms with van der Waals surface area (Å²) in [5, 5.41) is 3.48. The van der Waals surface area contributed by atoms with Gasteiger partial charge in [0, 0.05) is 6.61 Å². The fourth-order valence-corrected chi connectivity index (χ4v) is 4.15. The lowest BCUT2D eigenvalue weighted by molar-refractivity contribution is -0.103. The van der Waals surface area contributed by atoms with Crippen molar-refractivity contribution in [3.05, 3.63) is 0 Å². The van der Waals surface area contributed by atoms with Crippen LogP contribution in [0.3, 0.4) is 0 Å². The largest absolute Gasteiger partial charge is 0.375 e. The minimum Gasteiger partial charge on any atom is -0.375 e. The van der Waals surface area contributed by atoms with Gasteiger partial charge in [-0.05, 0) is 63.5 Å². The third-order valence-electron chi connectivity index (χ3n) is 5.10. The summed E-state index contributed by atoms with van der Waals surface area (Å²) in [6.07, 6.45) is 11.0. The number of nitrogens with one attached hydrogen (secondary N) is 1. The molecule has 2 heteroatoms. The average Bonchev–Trinajstić information content (AvgIpc) is 2.78. The van der Waals surface area contributed by atoms with Crippen LogP contribution in [0.25, 0.3) is 0 Å². The van der Waals surface area contributed by atoms with Gasteiger partial charge in [-0.1, -0.05) is 12.8 Å². The first-order valence-electron chi connectivity index (χ1n) is 7.23.